The van der Waals surface area contributed by atoms with Crippen LogP contribution in [0.4, 0.5) is 0 Å². The summed E-state index contributed by atoms with van der Waals surface area (Å²) in [4.78, 5) is 23.4. The van der Waals surface area contributed by atoms with Crippen molar-refractivity contribution in [2.45, 2.75) is 77.7 Å². The van der Waals surface area contributed by atoms with Gasteiger partial charge in [0.05, 0.1) is 6.42 Å². The van der Waals surface area contributed by atoms with Gasteiger partial charge in [-0.1, -0.05) is 33.1 Å². The summed E-state index contributed by atoms with van der Waals surface area (Å²) in [6.45, 7) is 4.40. The van der Waals surface area contributed by atoms with Crippen LogP contribution in [0.2, 0.25) is 0 Å². The first kappa shape index (κ1) is 15.3. The monoisotopic (exact) mass is 281 g/mol. The highest BCUT2D eigenvalue weighted by atomic mass is 16.4. The SMILES string of the molecule is CC1(C)CCCC1NC(=O)CC1(CC(=O)O)CCCC1. The van der Waals surface area contributed by atoms with Gasteiger partial charge in [-0.05, 0) is 36.5 Å². The van der Waals surface area contributed by atoms with Gasteiger partial charge in [-0.15, -0.1) is 0 Å². The van der Waals surface area contributed by atoms with Crippen LogP contribution < -0.4 is 5.32 Å². The zero-order valence-electron chi connectivity index (χ0n) is 12.7. The Morgan fingerprint density at radius 3 is 2.25 bits per heavy atom. The molecule has 0 aromatic rings. The van der Waals surface area contributed by atoms with Crippen molar-refractivity contribution in [1.29, 1.82) is 0 Å². The van der Waals surface area contributed by atoms with E-state index in [-0.39, 0.29) is 29.2 Å². The summed E-state index contributed by atoms with van der Waals surface area (Å²) in [5, 5.41) is 12.2. The minimum Gasteiger partial charge on any atom is -0.481 e. The molecule has 0 bridgehead atoms. The Bertz CT molecular complexity index is 383. The lowest BCUT2D eigenvalue weighted by molar-refractivity contribution is -0.140. The highest BCUT2D eigenvalue weighted by Gasteiger charge is 2.40. The lowest BCUT2D eigenvalue weighted by Gasteiger charge is -2.31. The molecule has 4 heteroatoms. The highest BCUT2D eigenvalue weighted by Crippen LogP contribution is 2.44. The van der Waals surface area contributed by atoms with E-state index in [9.17, 15) is 9.59 Å². The van der Waals surface area contributed by atoms with Crippen LogP contribution in [-0.2, 0) is 9.59 Å². The zero-order valence-corrected chi connectivity index (χ0v) is 12.7. The van der Waals surface area contributed by atoms with Gasteiger partial charge in [0.15, 0.2) is 0 Å². The van der Waals surface area contributed by atoms with Gasteiger partial charge < -0.3 is 10.4 Å². The van der Waals surface area contributed by atoms with E-state index in [1.807, 2.05) is 0 Å². The van der Waals surface area contributed by atoms with E-state index in [2.05, 4.69) is 19.2 Å². The molecule has 2 N–H and O–H groups in total. The Hall–Kier alpha value is -1.06. The van der Waals surface area contributed by atoms with E-state index >= 15 is 0 Å². The van der Waals surface area contributed by atoms with Gasteiger partial charge in [-0.25, -0.2) is 0 Å². The summed E-state index contributed by atoms with van der Waals surface area (Å²) in [5.41, 5.74) is -0.121. The van der Waals surface area contributed by atoms with Crippen molar-refractivity contribution in [3.63, 3.8) is 0 Å². The van der Waals surface area contributed by atoms with Crippen molar-refractivity contribution in [3.8, 4) is 0 Å². The standard InChI is InChI=1S/C16H27NO3/c1-15(2)7-5-6-12(15)17-13(18)10-16(11-14(19)20)8-3-4-9-16/h12H,3-11H2,1-2H3,(H,17,18)(H,19,20). The largest absolute Gasteiger partial charge is 0.481 e. The van der Waals surface area contributed by atoms with Crippen molar-refractivity contribution in [1.82, 2.24) is 5.32 Å². The van der Waals surface area contributed by atoms with Crippen molar-refractivity contribution >= 4 is 11.9 Å². The molecule has 1 amide bonds. The molecule has 0 aliphatic heterocycles. The molecule has 2 saturated carbocycles. The first-order valence-electron chi connectivity index (χ1n) is 7.84. The third kappa shape index (κ3) is 3.53. The van der Waals surface area contributed by atoms with Crippen molar-refractivity contribution in [2.75, 3.05) is 0 Å². The number of hydrogen-bond acceptors (Lipinski definition) is 2. The zero-order chi connectivity index (χ0) is 14.8. The molecule has 2 fully saturated rings. The van der Waals surface area contributed by atoms with Crippen LogP contribution in [0.3, 0.4) is 0 Å². The number of carbonyl (C=O) groups excluding carboxylic acids is 1. The molecule has 0 aromatic carbocycles. The molecule has 20 heavy (non-hydrogen) atoms. The van der Waals surface area contributed by atoms with Crippen LogP contribution in [0.1, 0.15) is 71.6 Å². The van der Waals surface area contributed by atoms with Crippen LogP contribution in [0.15, 0.2) is 0 Å². The van der Waals surface area contributed by atoms with Gasteiger partial charge in [0, 0.05) is 12.5 Å². The molecule has 2 rings (SSSR count). The summed E-state index contributed by atoms with van der Waals surface area (Å²) in [5.74, 6) is -0.728. The third-order valence-corrected chi connectivity index (χ3v) is 5.32. The first-order chi connectivity index (χ1) is 9.33. The van der Waals surface area contributed by atoms with Crippen molar-refractivity contribution in [2.24, 2.45) is 10.8 Å². The quantitative estimate of drug-likeness (QED) is 0.813. The number of carboxylic acids is 1. The lowest BCUT2D eigenvalue weighted by Crippen LogP contribution is -2.43. The minimum atomic E-state index is -0.777. The van der Waals surface area contributed by atoms with E-state index in [1.165, 1.54) is 0 Å². The second-order valence-corrected chi connectivity index (χ2v) is 7.46. The second kappa shape index (κ2) is 5.74. The van der Waals surface area contributed by atoms with Gasteiger partial charge in [0.25, 0.3) is 0 Å². The van der Waals surface area contributed by atoms with Crippen molar-refractivity contribution in [3.05, 3.63) is 0 Å². The topological polar surface area (TPSA) is 66.4 Å². The molecule has 0 heterocycles. The third-order valence-electron chi connectivity index (χ3n) is 5.32. The number of aliphatic carboxylic acids is 1. The molecule has 0 saturated heterocycles. The number of carbonyl (C=O) groups is 2. The Kier molecular flexibility index (Phi) is 4.40. The normalized spacial score (nSPS) is 27.4. The van der Waals surface area contributed by atoms with Crippen LogP contribution >= 0.6 is 0 Å². The Morgan fingerprint density at radius 1 is 1.10 bits per heavy atom. The van der Waals surface area contributed by atoms with Gasteiger partial charge in [-0.2, -0.15) is 0 Å². The molecule has 1 unspecified atom stereocenters. The molecule has 4 nitrogen and oxygen atoms in total. The van der Waals surface area contributed by atoms with Gasteiger partial charge in [0.2, 0.25) is 5.91 Å². The van der Waals surface area contributed by atoms with Crippen LogP contribution in [0, 0.1) is 10.8 Å². The second-order valence-electron chi connectivity index (χ2n) is 7.46. The maximum atomic E-state index is 12.3. The molecule has 2 aliphatic rings. The predicted octanol–water partition coefficient (Wildman–Crippen LogP) is 3.11. The summed E-state index contributed by atoms with van der Waals surface area (Å²) in [6, 6.07) is 0.248. The van der Waals surface area contributed by atoms with E-state index < -0.39 is 5.97 Å². The molecule has 0 spiro atoms. The maximum absolute atomic E-state index is 12.3. The Morgan fingerprint density at radius 2 is 1.75 bits per heavy atom. The molecule has 0 radical (unpaired) electrons. The fourth-order valence-electron chi connectivity index (χ4n) is 4.04. The first-order valence-corrected chi connectivity index (χ1v) is 7.84. The van der Waals surface area contributed by atoms with Crippen LogP contribution in [0.25, 0.3) is 0 Å². The number of carboxylic acid groups (broad SMARTS) is 1. The van der Waals surface area contributed by atoms with Gasteiger partial charge in [-0.3, -0.25) is 9.59 Å². The molecule has 0 aromatic heterocycles. The summed E-state index contributed by atoms with van der Waals surface area (Å²) in [7, 11) is 0. The minimum absolute atomic E-state index is 0.0492. The predicted molar refractivity (Wildman–Crippen MR) is 77.3 cm³/mol. The van der Waals surface area contributed by atoms with Gasteiger partial charge in [0.1, 0.15) is 0 Å². The number of nitrogens with one attached hydrogen (secondary N) is 1. The summed E-state index contributed by atoms with van der Waals surface area (Å²) < 4.78 is 0. The Balaban J connectivity index is 1.94. The average molecular weight is 281 g/mol. The summed E-state index contributed by atoms with van der Waals surface area (Å²) in [6.07, 6.45) is 7.73. The van der Waals surface area contributed by atoms with Gasteiger partial charge >= 0.3 is 5.97 Å². The lowest BCUT2D eigenvalue weighted by atomic mass is 9.79. The summed E-state index contributed by atoms with van der Waals surface area (Å²) >= 11 is 0. The van der Waals surface area contributed by atoms with E-state index in [0.717, 1.165) is 44.9 Å². The van der Waals surface area contributed by atoms with E-state index in [0.29, 0.717) is 6.42 Å². The van der Waals surface area contributed by atoms with Crippen molar-refractivity contribution < 1.29 is 14.7 Å². The highest BCUT2D eigenvalue weighted by molar-refractivity contribution is 5.78. The number of hydrogen-bond donors (Lipinski definition) is 2. The number of rotatable bonds is 5. The maximum Gasteiger partial charge on any atom is 0.303 e. The smallest absolute Gasteiger partial charge is 0.303 e. The number of amides is 1. The Labute approximate surface area is 121 Å². The molecule has 114 valence electrons. The molecular formula is C16H27NO3. The molecule has 2 aliphatic carbocycles. The van der Waals surface area contributed by atoms with E-state index in [1.54, 1.807) is 0 Å². The van der Waals surface area contributed by atoms with Crippen LogP contribution in [0.5, 0.6) is 0 Å². The average Bonchev–Trinajstić information content (AvgIpc) is 2.86. The fourth-order valence-corrected chi connectivity index (χ4v) is 4.04. The van der Waals surface area contributed by atoms with Crippen LogP contribution in [-0.4, -0.2) is 23.0 Å². The molecule has 1 atom stereocenters. The molecular weight excluding hydrogens is 254 g/mol. The fraction of sp³-hybridized carbons (Fsp3) is 0.875. The van der Waals surface area contributed by atoms with E-state index in [4.69, 9.17) is 5.11 Å².